The zero-order valence-electron chi connectivity index (χ0n) is 7.41. The molecule has 0 aromatic carbocycles. The van der Waals surface area contributed by atoms with Crippen LogP contribution in [0.4, 0.5) is 0 Å². The van der Waals surface area contributed by atoms with Crippen LogP contribution in [-0.4, -0.2) is 17.0 Å². The summed E-state index contributed by atoms with van der Waals surface area (Å²) in [5.41, 5.74) is 4.53. The maximum Gasteiger partial charge on any atom is 0.303 e. The van der Waals surface area contributed by atoms with E-state index in [0.29, 0.717) is 0 Å². The molecular formula is C8H15NO3. The fourth-order valence-corrected chi connectivity index (χ4v) is 0.349. The first-order valence-electron chi connectivity index (χ1n) is 3.53. The van der Waals surface area contributed by atoms with E-state index in [4.69, 9.17) is 5.11 Å². The lowest BCUT2D eigenvalue weighted by atomic mass is 10.1. The molecule has 0 aliphatic carbocycles. The maximum absolute atomic E-state index is 9.81. The molecule has 0 radical (unpaired) electrons. The Kier molecular flexibility index (Phi) is 8.62. The predicted octanol–water partition coefficient (Wildman–Crippen LogP) is 0.775. The minimum atomic E-state index is -0.713. The van der Waals surface area contributed by atoms with Crippen LogP contribution in [0, 0.1) is 5.92 Å². The molecule has 0 saturated heterocycles. The van der Waals surface area contributed by atoms with Gasteiger partial charge in [0.1, 0.15) is 0 Å². The van der Waals surface area contributed by atoms with Crippen molar-refractivity contribution >= 4 is 11.9 Å². The van der Waals surface area contributed by atoms with E-state index < -0.39 is 11.9 Å². The quantitative estimate of drug-likeness (QED) is 0.619. The highest BCUT2D eigenvalue weighted by molar-refractivity contribution is 5.84. The van der Waals surface area contributed by atoms with Crippen LogP contribution in [0.3, 0.4) is 0 Å². The molecule has 0 saturated carbocycles. The zero-order valence-corrected chi connectivity index (χ0v) is 7.41. The van der Waals surface area contributed by atoms with Gasteiger partial charge in [0.15, 0.2) is 0 Å². The Morgan fingerprint density at radius 3 is 1.92 bits per heavy atom. The normalized spacial score (nSPS) is 8.25. The highest BCUT2D eigenvalue weighted by Crippen LogP contribution is 1.96. The minimum Gasteiger partial charge on any atom is -0.481 e. The molecule has 0 spiro atoms. The first-order valence-corrected chi connectivity index (χ1v) is 3.53. The molecule has 1 amide bonds. The molecule has 0 bridgehead atoms. The predicted molar refractivity (Wildman–Crippen MR) is 46.5 cm³/mol. The number of carbonyl (C=O) groups is 2. The second-order valence-corrected chi connectivity index (χ2v) is 2.60. The van der Waals surface area contributed by atoms with Gasteiger partial charge < -0.3 is 10.8 Å². The van der Waals surface area contributed by atoms with Crippen molar-refractivity contribution in [3.63, 3.8) is 0 Å². The van der Waals surface area contributed by atoms with Crippen LogP contribution in [0.15, 0.2) is 12.7 Å². The highest BCUT2D eigenvalue weighted by Gasteiger charge is 1.98. The van der Waals surface area contributed by atoms with Crippen LogP contribution in [0.1, 0.15) is 20.3 Å². The lowest BCUT2D eigenvalue weighted by Gasteiger charge is -1.94. The van der Waals surface area contributed by atoms with Crippen LogP contribution >= 0.6 is 0 Å². The summed E-state index contributed by atoms with van der Waals surface area (Å²) in [7, 11) is 0. The van der Waals surface area contributed by atoms with E-state index in [1.165, 1.54) is 0 Å². The standard InChI is InChI=1S/C5H10O2.C3H5NO/c1-4(2)3-5(6)7;1-2-3(4)5/h4H,3H2,1-2H3,(H,6,7);2H,1H2,(H2,4,5). The van der Waals surface area contributed by atoms with Gasteiger partial charge in [0, 0.05) is 6.42 Å². The molecular weight excluding hydrogens is 158 g/mol. The first kappa shape index (κ1) is 13.3. The molecule has 3 N–H and O–H groups in total. The Labute approximate surface area is 72.1 Å². The van der Waals surface area contributed by atoms with Crippen molar-refractivity contribution in [1.29, 1.82) is 0 Å². The molecule has 0 heterocycles. The van der Waals surface area contributed by atoms with Crippen LogP contribution in [0.25, 0.3) is 0 Å². The van der Waals surface area contributed by atoms with Gasteiger partial charge in [0.2, 0.25) is 5.91 Å². The van der Waals surface area contributed by atoms with Crippen molar-refractivity contribution in [3.8, 4) is 0 Å². The van der Waals surface area contributed by atoms with Crippen LogP contribution in [-0.2, 0) is 9.59 Å². The summed E-state index contributed by atoms with van der Waals surface area (Å²) in [5.74, 6) is -0.919. The minimum absolute atomic E-state index is 0.275. The van der Waals surface area contributed by atoms with E-state index in [1.807, 2.05) is 13.8 Å². The van der Waals surface area contributed by atoms with E-state index in [1.54, 1.807) is 0 Å². The van der Waals surface area contributed by atoms with Gasteiger partial charge in [0.05, 0.1) is 0 Å². The Morgan fingerprint density at radius 2 is 1.92 bits per heavy atom. The third-order valence-electron chi connectivity index (χ3n) is 0.784. The third kappa shape index (κ3) is 23.4. The molecule has 12 heavy (non-hydrogen) atoms. The van der Waals surface area contributed by atoms with Gasteiger partial charge in [-0.15, -0.1) is 0 Å². The van der Waals surface area contributed by atoms with Gasteiger partial charge in [-0.25, -0.2) is 0 Å². The molecule has 0 aliphatic heterocycles. The van der Waals surface area contributed by atoms with Crippen LogP contribution in [0.5, 0.6) is 0 Å². The summed E-state index contributed by atoms with van der Waals surface area (Å²) in [6.45, 7) is 6.85. The summed E-state index contributed by atoms with van der Waals surface area (Å²) in [4.78, 5) is 19.3. The fourth-order valence-electron chi connectivity index (χ4n) is 0.349. The molecule has 0 unspecified atom stereocenters. The Hall–Kier alpha value is -1.32. The maximum atomic E-state index is 9.81. The largest absolute Gasteiger partial charge is 0.481 e. The number of carbonyl (C=O) groups excluding carboxylic acids is 1. The lowest BCUT2D eigenvalue weighted by Crippen LogP contribution is -2.04. The zero-order chi connectivity index (χ0) is 10.1. The average Bonchev–Trinajstić information content (AvgIpc) is 1.85. The molecule has 0 rings (SSSR count). The first-order chi connectivity index (χ1) is 5.40. The van der Waals surface area contributed by atoms with E-state index >= 15 is 0 Å². The monoisotopic (exact) mass is 173 g/mol. The summed E-state index contributed by atoms with van der Waals surface area (Å²) in [6, 6.07) is 0. The SMILES string of the molecule is C=CC(N)=O.CC(C)CC(=O)O. The summed E-state index contributed by atoms with van der Waals surface area (Å²) < 4.78 is 0. The van der Waals surface area contributed by atoms with Gasteiger partial charge >= 0.3 is 5.97 Å². The fraction of sp³-hybridized carbons (Fsp3) is 0.500. The van der Waals surface area contributed by atoms with Crippen LogP contribution in [0.2, 0.25) is 0 Å². The van der Waals surface area contributed by atoms with Crippen molar-refractivity contribution in [3.05, 3.63) is 12.7 Å². The van der Waals surface area contributed by atoms with Crippen molar-refractivity contribution in [2.24, 2.45) is 11.7 Å². The smallest absolute Gasteiger partial charge is 0.303 e. The number of primary amides is 1. The molecule has 0 aromatic heterocycles. The Morgan fingerprint density at radius 1 is 1.58 bits per heavy atom. The molecule has 0 aliphatic rings. The van der Waals surface area contributed by atoms with Crippen LogP contribution < -0.4 is 5.73 Å². The Bertz CT molecular complexity index is 164. The summed E-state index contributed by atoms with van der Waals surface area (Å²) >= 11 is 0. The number of carboxylic acid groups (broad SMARTS) is 1. The number of nitrogens with two attached hydrogens (primary N) is 1. The molecule has 0 fully saturated rings. The number of hydrogen-bond acceptors (Lipinski definition) is 2. The van der Waals surface area contributed by atoms with Gasteiger partial charge in [-0.1, -0.05) is 20.4 Å². The van der Waals surface area contributed by atoms with Crippen molar-refractivity contribution in [2.45, 2.75) is 20.3 Å². The molecule has 0 aromatic rings. The second-order valence-electron chi connectivity index (χ2n) is 2.60. The number of hydrogen-bond donors (Lipinski definition) is 2. The number of carboxylic acids is 1. The molecule has 70 valence electrons. The summed E-state index contributed by atoms with van der Waals surface area (Å²) in [5, 5.41) is 8.08. The van der Waals surface area contributed by atoms with Gasteiger partial charge in [-0.3, -0.25) is 9.59 Å². The highest BCUT2D eigenvalue weighted by atomic mass is 16.4. The number of aliphatic carboxylic acids is 1. The van der Waals surface area contributed by atoms with E-state index in [-0.39, 0.29) is 12.3 Å². The Balaban J connectivity index is 0. The van der Waals surface area contributed by atoms with E-state index in [2.05, 4.69) is 12.3 Å². The number of rotatable bonds is 3. The molecule has 4 nitrogen and oxygen atoms in total. The lowest BCUT2D eigenvalue weighted by molar-refractivity contribution is -0.137. The van der Waals surface area contributed by atoms with Crippen molar-refractivity contribution in [2.75, 3.05) is 0 Å². The van der Waals surface area contributed by atoms with Crippen molar-refractivity contribution < 1.29 is 14.7 Å². The molecule has 0 atom stereocenters. The van der Waals surface area contributed by atoms with Gasteiger partial charge in [0.25, 0.3) is 0 Å². The van der Waals surface area contributed by atoms with E-state index in [9.17, 15) is 9.59 Å². The third-order valence-corrected chi connectivity index (χ3v) is 0.784. The molecule has 4 heteroatoms. The topological polar surface area (TPSA) is 80.4 Å². The van der Waals surface area contributed by atoms with Gasteiger partial charge in [-0.05, 0) is 12.0 Å². The van der Waals surface area contributed by atoms with Gasteiger partial charge in [-0.2, -0.15) is 0 Å². The number of amides is 1. The van der Waals surface area contributed by atoms with Crippen molar-refractivity contribution in [1.82, 2.24) is 0 Å². The summed E-state index contributed by atoms with van der Waals surface area (Å²) in [6.07, 6.45) is 1.33. The average molecular weight is 173 g/mol. The second kappa shape index (κ2) is 7.78. The van der Waals surface area contributed by atoms with E-state index in [0.717, 1.165) is 6.08 Å².